The summed E-state index contributed by atoms with van der Waals surface area (Å²) in [4.78, 5) is 0. The molecule has 0 saturated heterocycles. The summed E-state index contributed by atoms with van der Waals surface area (Å²) < 4.78 is 26.8. The summed E-state index contributed by atoms with van der Waals surface area (Å²) in [5, 5.41) is 3.38. The highest BCUT2D eigenvalue weighted by atomic mass is 19.1. The fourth-order valence-electron chi connectivity index (χ4n) is 2.80. The van der Waals surface area contributed by atoms with E-state index in [0.29, 0.717) is 24.1 Å². The van der Waals surface area contributed by atoms with E-state index in [1.54, 1.807) is 0 Å². The molecular formula is C14H20F2N2. The van der Waals surface area contributed by atoms with Gasteiger partial charge in [0, 0.05) is 17.6 Å². The van der Waals surface area contributed by atoms with Gasteiger partial charge in [0.2, 0.25) is 0 Å². The standard InChI is InChI=1S/C14H20F2N2/c1-9(12-7-11(15)5-6-13(12)16)18-14-4-2-3-10(14)8-17/h5-7,9-10,14,18H,2-4,8,17H2,1H3. The molecular weight excluding hydrogens is 234 g/mol. The molecule has 0 amide bonds. The molecule has 1 aliphatic rings. The number of hydrogen-bond acceptors (Lipinski definition) is 2. The first-order chi connectivity index (χ1) is 8.61. The van der Waals surface area contributed by atoms with Crippen LogP contribution in [0.15, 0.2) is 18.2 Å². The smallest absolute Gasteiger partial charge is 0.128 e. The molecule has 0 aromatic heterocycles. The van der Waals surface area contributed by atoms with Gasteiger partial charge in [0.25, 0.3) is 0 Å². The van der Waals surface area contributed by atoms with Gasteiger partial charge in [0.15, 0.2) is 0 Å². The van der Waals surface area contributed by atoms with Crippen LogP contribution in [-0.2, 0) is 0 Å². The summed E-state index contributed by atoms with van der Waals surface area (Å²) in [6.45, 7) is 2.51. The summed E-state index contributed by atoms with van der Waals surface area (Å²) >= 11 is 0. The molecule has 0 aliphatic heterocycles. The fourth-order valence-corrected chi connectivity index (χ4v) is 2.80. The van der Waals surface area contributed by atoms with Crippen LogP contribution in [-0.4, -0.2) is 12.6 Å². The van der Waals surface area contributed by atoms with Crippen molar-refractivity contribution in [3.63, 3.8) is 0 Å². The molecule has 4 heteroatoms. The fraction of sp³-hybridized carbons (Fsp3) is 0.571. The molecule has 0 heterocycles. The summed E-state index contributed by atoms with van der Waals surface area (Å²) in [5.41, 5.74) is 6.11. The molecule has 3 atom stereocenters. The minimum atomic E-state index is -0.401. The number of nitrogens with one attached hydrogen (secondary N) is 1. The van der Waals surface area contributed by atoms with Crippen molar-refractivity contribution in [3.05, 3.63) is 35.4 Å². The van der Waals surface area contributed by atoms with Crippen molar-refractivity contribution < 1.29 is 8.78 Å². The third kappa shape index (κ3) is 2.87. The van der Waals surface area contributed by atoms with E-state index in [1.807, 2.05) is 6.92 Å². The van der Waals surface area contributed by atoms with Gasteiger partial charge in [-0.1, -0.05) is 6.42 Å². The number of rotatable bonds is 4. The van der Waals surface area contributed by atoms with Crippen LogP contribution in [0.1, 0.15) is 37.8 Å². The average Bonchev–Trinajstić information content (AvgIpc) is 2.79. The molecule has 1 aromatic rings. The monoisotopic (exact) mass is 254 g/mol. The number of hydrogen-bond donors (Lipinski definition) is 2. The Labute approximate surface area is 107 Å². The van der Waals surface area contributed by atoms with Crippen molar-refractivity contribution in [2.45, 2.75) is 38.3 Å². The normalized spacial score (nSPS) is 25.3. The summed E-state index contributed by atoms with van der Waals surface area (Å²) in [7, 11) is 0. The van der Waals surface area contributed by atoms with Crippen LogP contribution >= 0.6 is 0 Å². The van der Waals surface area contributed by atoms with Gasteiger partial charge in [-0.2, -0.15) is 0 Å². The van der Waals surface area contributed by atoms with E-state index in [0.717, 1.165) is 25.3 Å². The van der Waals surface area contributed by atoms with Crippen molar-refractivity contribution in [1.29, 1.82) is 0 Å². The predicted octanol–water partition coefficient (Wildman–Crippen LogP) is 2.74. The van der Waals surface area contributed by atoms with Crippen LogP contribution in [0, 0.1) is 17.6 Å². The number of benzene rings is 1. The third-order valence-corrected chi connectivity index (χ3v) is 3.85. The Hall–Kier alpha value is -1.00. The molecule has 2 rings (SSSR count). The molecule has 1 aromatic carbocycles. The number of halogens is 2. The van der Waals surface area contributed by atoms with Crippen molar-refractivity contribution in [1.82, 2.24) is 5.32 Å². The zero-order valence-electron chi connectivity index (χ0n) is 10.6. The largest absolute Gasteiger partial charge is 0.330 e. The molecule has 3 unspecified atom stereocenters. The Kier molecular flexibility index (Phi) is 4.30. The summed E-state index contributed by atoms with van der Waals surface area (Å²) in [5.74, 6) is -0.315. The van der Waals surface area contributed by atoms with E-state index >= 15 is 0 Å². The van der Waals surface area contributed by atoms with Crippen molar-refractivity contribution in [3.8, 4) is 0 Å². The zero-order valence-corrected chi connectivity index (χ0v) is 10.6. The highest BCUT2D eigenvalue weighted by Crippen LogP contribution is 2.28. The van der Waals surface area contributed by atoms with Crippen LogP contribution in [0.3, 0.4) is 0 Å². The van der Waals surface area contributed by atoms with Crippen LogP contribution in [0.4, 0.5) is 8.78 Å². The highest BCUT2D eigenvalue weighted by Gasteiger charge is 2.27. The Morgan fingerprint density at radius 3 is 2.89 bits per heavy atom. The van der Waals surface area contributed by atoms with Gasteiger partial charge in [0.1, 0.15) is 11.6 Å². The second kappa shape index (κ2) is 5.76. The lowest BCUT2D eigenvalue weighted by Gasteiger charge is -2.24. The van der Waals surface area contributed by atoms with Gasteiger partial charge in [-0.3, -0.25) is 0 Å². The molecule has 0 bridgehead atoms. The van der Waals surface area contributed by atoms with Gasteiger partial charge >= 0.3 is 0 Å². The van der Waals surface area contributed by atoms with E-state index < -0.39 is 5.82 Å². The molecule has 3 N–H and O–H groups in total. The van der Waals surface area contributed by atoms with Crippen LogP contribution in [0.5, 0.6) is 0 Å². The maximum Gasteiger partial charge on any atom is 0.128 e. The van der Waals surface area contributed by atoms with Crippen LogP contribution < -0.4 is 11.1 Å². The summed E-state index contributed by atoms with van der Waals surface area (Å²) in [6.07, 6.45) is 3.33. The topological polar surface area (TPSA) is 38.0 Å². The van der Waals surface area contributed by atoms with Crippen LogP contribution in [0.25, 0.3) is 0 Å². The molecule has 1 saturated carbocycles. The van der Waals surface area contributed by atoms with E-state index in [4.69, 9.17) is 5.73 Å². The van der Waals surface area contributed by atoms with Gasteiger partial charge < -0.3 is 11.1 Å². The molecule has 0 spiro atoms. The van der Waals surface area contributed by atoms with Gasteiger partial charge in [-0.25, -0.2) is 8.78 Å². The lowest BCUT2D eigenvalue weighted by atomic mass is 10.0. The third-order valence-electron chi connectivity index (χ3n) is 3.85. The lowest BCUT2D eigenvalue weighted by molar-refractivity contribution is 0.368. The SMILES string of the molecule is CC(NC1CCCC1CN)c1cc(F)ccc1F. The molecule has 1 aliphatic carbocycles. The maximum atomic E-state index is 13.6. The lowest BCUT2D eigenvalue weighted by Crippen LogP contribution is -2.37. The molecule has 100 valence electrons. The zero-order chi connectivity index (χ0) is 13.1. The van der Waals surface area contributed by atoms with E-state index in [1.165, 1.54) is 12.1 Å². The number of nitrogens with two attached hydrogens (primary N) is 1. The Balaban J connectivity index is 2.07. The second-order valence-electron chi connectivity index (χ2n) is 5.09. The van der Waals surface area contributed by atoms with Crippen LogP contribution in [0.2, 0.25) is 0 Å². The maximum absolute atomic E-state index is 13.6. The molecule has 18 heavy (non-hydrogen) atoms. The van der Waals surface area contributed by atoms with E-state index in [-0.39, 0.29) is 11.9 Å². The van der Waals surface area contributed by atoms with Crippen molar-refractivity contribution in [2.24, 2.45) is 11.7 Å². The van der Waals surface area contributed by atoms with Gasteiger partial charge in [-0.15, -0.1) is 0 Å². The predicted molar refractivity (Wildman–Crippen MR) is 68.1 cm³/mol. The average molecular weight is 254 g/mol. The Morgan fingerprint density at radius 2 is 2.17 bits per heavy atom. The second-order valence-corrected chi connectivity index (χ2v) is 5.09. The van der Waals surface area contributed by atoms with Crippen molar-refractivity contribution >= 4 is 0 Å². The van der Waals surface area contributed by atoms with Crippen molar-refractivity contribution in [2.75, 3.05) is 6.54 Å². The molecule has 2 nitrogen and oxygen atoms in total. The quantitative estimate of drug-likeness (QED) is 0.867. The minimum absolute atomic E-state index is 0.196. The first kappa shape index (κ1) is 13.4. The summed E-state index contributed by atoms with van der Waals surface area (Å²) in [6, 6.07) is 3.70. The molecule has 0 radical (unpaired) electrons. The molecule has 1 fully saturated rings. The minimum Gasteiger partial charge on any atom is -0.330 e. The first-order valence-corrected chi connectivity index (χ1v) is 6.53. The Morgan fingerprint density at radius 1 is 1.39 bits per heavy atom. The highest BCUT2D eigenvalue weighted by molar-refractivity contribution is 5.22. The first-order valence-electron chi connectivity index (χ1n) is 6.53. The van der Waals surface area contributed by atoms with Gasteiger partial charge in [0.05, 0.1) is 0 Å². The Bertz CT molecular complexity index is 409. The van der Waals surface area contributed by atoms with Gasteiger partial charge in [-0.05, 0) is 50.4 Å². The van der Waals surface area contributed by atoms with E-state index in [2.05, 4.69) is 5.32 Å². The van der Waals surface area contributed by atoms with E-state index in [9.17, 15) is 8.78 Å².